The molecule has 462 valence electrons. The van der Waals surface area contributed by atoms with Crippen LogP contribution in [0.1, 0.15) is 163 Å². The van der Waals surface area contributed by atoms with E-state index in [0.29, 0.717) is 82.7 Å². The van der Waals surface area contributed by atoms with Crippen LogP contribution in [0.2, 0.25) is 0 Å². The van der Waals surface area contributed by atoms with Gasteiger partial charge in [0.2, 0.25) is 29.4 Å². The van der Waals surface area contributed by atoms with Crippen LogP contribution in [0.25, 0.3) is 22.1 Å². The molecule has 0 spiro atoms. The van der Waals surface area contributed by atoms with E-state index in [-0.39, 0.29) is 100 Å². The Balaban J connectivity index is 0.0000116. The number of hydrazine groups is 1. The number of carbonyl (C=O) groups is 9. The number of carboxylic acids is 1. The predicted octanol–water partition coefficient (Wildman–Crippen LogP) is 1.02. The Morgan fingerprint density at radius 2 is 1.42 bits per heavy atom. The number of nitrogens with zero attached hydrogens (tertiary/aromatic N) is 7. The molecular formula is C58H79N15O11Pd. The SMILES string of the molecule is CC[C@H]1c2cc3[n-]c4c(CC(=O)OC)c5nc(cc6[n-]c(cc(n2)C1C)c(C(C)=O)c6C)C(C)[C@@H]5CCC(=O)NN[C@@H](CCCN=C(N)N)C(=O)NCC(=O)N[C@@H](CC(=O)O)C(=O)C(=O)NCCCN1CCN(CCCNC(=O)c4c3C)CC1.[Pd+2]. The van der Waals surface area contributed by atoms with Crippen LogP contribution in [0.5, 0.6) is 0 Å². The largest absolute Gasteiger partial charge is 2.00 e. The zero-order valence-corrected chi connectivity index (χ0v) is 50.8. The molecule has 1 saturated heterocycles. The molecule has 0 aromatic carbocycles. The van der Waals surface area contributed by atoms with Gasteiger partial charge in [0.15, 0.2) is 11.7 Å². The van der Waals surface area contributed by atoms with Gasteiger partial charge in [-0.1, -0.05) is 50.1 Å². The summed E-state index contributed by atoms with van der Waals surface area (Å²) in [7, 11) is 1.27. The molecular weight excluding hydrogens is 1190 g/mol. The second kappa shape index (κ2) is 30.6. The van der Waals surface area contributed by atoms with Crippen molar-refractivity contribution >= 4 is 81.1 Å². The number of aliphatic carboxylic acids is 1. The molecule has 1 fully saturated rings. The van der Waals surface area contributed by atoms with E-state index < -0.39 is 84.1 Å². The summed E-state index contributed by atoms with van der Waals surface area (Å²) in [4.78, 5) is 150. The zero-order valence-electron chi connectivity index (χ0n) is 49.3. The first-order valence-corrected chi connectivity index (χ1v) is 28.8. The number of hydrogen-bond acceptors (Lipinski definition) is 16. The Morgan fingerprint density at radius 3 is 2.05 bits per heavy atom. The van der Waals surface area contributed by atoms with Crippen molar-refractivity contribution in [2.24, 2.45) is 16.5 Å². The molecule has 8 heterocycles. The summed E-state index contributed by atoms with van der Waals surface area (Å²) in [5, 5.41) is 19.9. The van der Waals surface area contributed by atoms with Crippen molar-refractivity contribution in [2.75, 3.05) is 72.6 Å². The molecule has 5 amide bonds. The van der Waals surface area contributed by atoms with E-state index in [9.17, 15) is 48.3 Å². The quantitative estimate of drug-likeness (QED) is 0.0200. The van der Waals surface area contributed by atoms with E-state index in [1.54, 1.807) is 6.07 Å². The number of nitrogens with one attached hydrogen (secondary N) is 6. The Morgan fingerprint density at radius 1 is 0.800 bits per heavy atom. The number of aromatic nitrogens is 4. The number of aryl methyl sites for hydroxylation is 2. The fourth-order valence-corrected chi connectivity index (χ4v) is 11.5. The number of rotatable bonds is 10. The molecule has 10 bridgehead atoms. The maximum atomic E-state index is 14.9. The molecule has 85 heavy (non-hydrogen) atoms. The number of esters is 1. The summed E-state index contributed by atoms with van der Waals surface area (Å²) < 4.78 is 5.31. The van der Waals surface area contributed by atoms with Gasteiger partial charge in [0.25, 0.3) is 5.91 Å². The summed E-state index contributed by atoms with van der Waals surface area (Å²) in [6, 6.07) is 2.63. The van der Waals surface area contributed by atoms with Gasteiger partial charge in [0, 0.05) is 110 Å². The van der Waals surface area contributed by atoms with E-state index in [4.69, 9.17) is 36.1 Å². The predicted molar refractivity (Wildman–Crippen MR) is 311 cm³/mol. The first-order chi connectivity index (χ1) is 40.1. The number of fused-ring (bicyclic) bond motifs is 29. The van der Waals surface area contributed by atoms with Gasteiger partial charge in [0.05, 0.1) is 26.5 Å². The van der Waals surface area contributed by atoms with Crippen molar-refractivity contribution in [2.45, 2.75) is 135 Å². The molecule has 2 unspecified atom stereocenters. The Hall–Kier alpha value is -7.44. The molecule has 6 atom stereocenters. The number of guanidine groups is 1. The number of nitrogens with two attached hydrogens (primary N) is 2. The number of piperazine rings is 1. The number of Topliss-reactive ketones (excluding diaryl/α,β-unsaturated/α-hetero) is 2. The van der Waals surface area contributed by atoms with Crippen molar-refractivity contribution in [1.29, 1.82) is 0 Å². The molecule has 26 nitrogen and oxygen atoms in total. The summed E-state index contributed by atoms with van der Waals surface area (Å²) in [6.45, 7) is 15.2. The molecule has 5 aliphatic heterocycles. The number of ketones is 2. The third-order valence-electron chi connectivity index (χ3n) is 16.2. The van der Waals surface area contributed by atoms with Crippen molar-refractivity contribution in [3.63, 3.8) is 0 Å². The molecule has 27 heteroatoms. The monoisotopic (exact) mass is 1270 g/mol. The maximum Gasteiger partial charge on any atom is 2.00 e. The Labute approximate surface area is 507 Å². The fourth-order valence-electron chi connectivity index (χ4n) is 11.5. The average molecular weight is 1270 g/mol. The van der Waals surface area contributed by atoms with Gasteiger partial charge in [-0.2, -0.15) is 0 Å². The number of carbonyl (C=O) groups excluding carboxylic acids is 8. The molecule has 3 aromatic rings. The minimum Gasteiger partial charge on any atom is -0.657 e. The average Bonchev–Trinajstić information content (AvgIpc) is 1.95. The summed E-state index contributed by atoms with van der Waals surface area (Å²) in [5.41, 5.74) is 22.7. The van der Waals surface area contributed by atoms with E-state index in [1.807, 2.05) is 32.9 Å². The minimum atomic E-state index is -1.74. The third-order valence-corrected chi connectivity index (χ3v) is 16.2. The Bertz CT molecular complexity index is 3220. The zero-order chi connectivity index (χ0) is 60.9. The van der Waals surface area contributed by atoms with Gasteiger partial charge in [-0.3, -0.25) is 63.5 Å². The van der Waals surface area contributed by atoms with Gasteiger partial charge < -0.3 is 62.3 Å². The second-order valence-electron chi connectivity index (χ2n) is 22.0. The topological polar surface area (TPSA) is 380 Å². The maximum absolute atomic E-state index is 14.9. The minimum absolute atomic E-state index is 0. The van der Waals surface area contributed by atoms with Crippen LogP contribution < -0.4 is 53.6 Å². The van der Waals surface area contributed by atoms with Crippen LogP contribution >= 0.6 is 0 Å². The van der Waals surface area contributed by atoms with Crippen LogP contribution in [0.15, 0.2) is 23.2 Å². The number of carboxylic acid groups (broad SMARTS) is 1. The molecule has 3 aromatic heterocycles. The summed E-state index contributed by atoms with van der Waals surface area (Å²) >= 11 is 0. The normalized spacial score (nSPS) is 23.4. The van der Waals surface area contributed by atoms with Crippen molar-refractivity contribution in [3.8, 4) is 0 Å². The van der Waals surface area contributed by atoms with E-state index in [2.05, 4.69) is 60.8 Å². The van der Waals surface area contributed by atoms with Crippen LogP contribution in [-0.2, 0) is 65.1 Å². The Kier molecular flexibility index (Phi) is 24.0. The number of methoxy groups -OCH3 is 1. The number of ether oxygens (including phenoxy) is 1. The number of amides is 5. The van der Waals surface area contributed by atoms with Gasteiger partial charge in [-0.15, -0.1) is 22.1 Å². The van der Waals surface area contributed by atoms with E-state index in [1.165, 1.54) is 14.0 Å². The summed E-state index contributed by atoms with van der Waals surface area (Å²) in [5.74, 6) is -8.58. The first-order valence-electron chi connectivity index (χ1n) is 28.8. The van der Waals surface area contributed by atoms with E-state index in [0.717, 1.165) is 44.0 Å². The standard InChI is InChI=1S/C58H81N15O11.Pd/c1-8-35-30(2)39-27-44-50(34(6)74)32(4)41(66-44)25-40-31(3)36-13-14-46(75)71-70-38(12-9-15-63-58(59)60)55(81)64-29-47(76)67-45(28-48(77)78)54(80)57(83)62-17-11-19-73-22-20-72(21-23-73)18-10-16-61-56(82)51-33(5)42(26-43(35)65-39)69-53(51)37(52(36)68-40)24-49(79)84-7;/h25-27,30-31,35-36,38,45H,8-24,28-29H2,1-7H3,(H13,59,60,61,62,63,64,65,66,67,68,69,70,71,74,75,76,77,78,80,81,82,83);/q;+2/p-2/t30?,31?,35-,36+,38+,45+;/m1./s1. The summed E-state index contributed by atoms with van der Waals surface area (Å²) in [6.07, 6.45) is 0.754. The van der Waals surface area contributed by atoms with Crippen LogP contribution in [0.3, 0.4) is 0 Å². The fraction of sp³-hybridized carbons (Fsp3) is 0.552. The van der Waals surface area contributed by atoms with E-state index >= 15 is 0 Å². The van der Waals surface area contributed by atoms with Crippen molar-refractivity contribution in [1.82, 2.24) is 61.9 Å². The third kappa shape index (κ3) is 16.9. The molecule has 8 rings (SSSR count). The van der Waals surface area contributed by atoms with Crippen LogP contribution in [0, 0.1) is 13.8 Å². The van der Waals surface area contributed by atoms with Crippen LogP contribution in [0.4, 0.5) is 0 Å². The second-order valence-corrected chi connectivity index (χ2v) is 22.0. The van der Waals surface area contributed by atoms with Gasteiger partial charge in [0.1, 0.15) is 12.1 Å². The van der Waals surface area contributed by atoms with Crippen LogP contribution in [-0.4, -0.2) is 169 Å². The smallest absolute Gasteiger partial charge is 0.657 e. The molecule has 5 aliphatic rings. The number of hydrogen-bond donors (Lipinski definition) is 9. The number of aliphatic imine (C=N–C) groups is 1. The van der Waals surface area contributed by atoms with Gasteiger partial charge in [-0.05, 0) is 77.9 Å². The van der Waals surface area contributed by atoms with Gasteiger partial charge >= 0.3 is 32.4 Å². The first kappa shape index (κ1) is 66.7. The van der Waals surface area contributed by atoms with Crippen molar-refractivity contribution < 1.29 is 73.4 Å². The molecule has 0 saturated carbocycles. The molecule has 11 N–H and O–H groups in total. The molecule has 0 aliphatic carbocycles. The van der Waals surface area contributed by atoms with Gasteiger partial charge in [-0.25, -0.2) is 5.43 Å². The van der Waals surface area contributed by atoms with Crippen molar-refractivity contribution in [3.05, 3.63) is 68.8 Å². The molecule has 0 radical (unpaired) electrons.